The van der Waals surface area contributed by atoms with E-state index in [0.29, 0.717) is 0 Å². The fourth-order valence-corrected chi connectivity index (χ4v) is 11.3. The van der Waals surface area contributed by atoms with Gasteiger partial charge in [0.25, 0.3) is 0 Å². The molecule has 14 rings (SSSR count). The van der Waals surface area contributed by atoms with Crippen molar-refractivity contribution in [3.8, 4) is 44.9 Å². The zero-order valence-corrected chi connectivity index (χ0v) is 35.8. The van der Waals surface area contributed by atoms with E-state index in [9.17, 15) is 0 Å². The van der Waals surface area contributed by atoms with Gasteiger partial charge in [0.15, 0.2) is 0 Å². The summed E-state index contributed by atoms with van der Waals surface area (Å²) in [5.74, 6) is 1.84. The number of ether oxygens (including phenoxy) is 1. The molecule has 2 aliphatic rings. The summed E-state index contributed by atoms with van der Waals surface area (Å²) in [6.45, 7) is 0. The maximum atomic E-state index is 7.22. The van der Waals surface area contributed by atoms with Gasteiger partial charge >= 0.3 is 0 Å². The fourth-order valence-electron chi connectivity index (χ4n) is 11.3. The number of rotatable bonds is 5. The minimum Gasteiger partial charge on any atom is -0.455 e. The Labute approximate surface area is 382 Å². The van der Waals surface area contributed by atoms with Gasteiger partial charge in [0, 0.05) is 55.3 Å². The van der Waals surface area contributed by atoms with E-state index in [2.05, 4.69) is 229 Å². The number of para-hydroxylation sites is 3. The van der Waals surface area contributed by atoms with Gasteiger partial charge in [-0.2, -0.15) is 0 Å². The largest absolute Gasteiger partial charge is 0.455 e. The van der Waals surface area contributed by atoms with E-state index in [1.54, 1.807) is 0 Å². The van der Waals surface area contributed by atoms with Gasteiger partial charge in [0.05, 0.1) is 5.41 Å². The Morgan fingerprint density at radius 2 is 0.894 bits per heavy atom. The molecule has 308 valence electrons. The minimum absolute atomic E-state index is 0.624. The zero-order valence-electron chi connectivity index (χ0n) is 35.8. The van der Waals surface area contributed by atoms with Gasteiger partial charge in [0.2, 0.25) is 0 Å². The fraction of sp³-hybridized carbons (Fsp3) is 0.0159. The standard InChI is InChI=1S/C63H39NO2/c1-2-18-44(19-3-1)64(45-35-31-42(32-36-45)48-26-13-27-52-51-23-9-11-30-58(51)65-60(48)52)46-20-12-17-43(39-46)47-25-14-29-55-59(47)53-24-8-10-28-54(53)63(55)56-37-33-40-15-4-6-21-49(40)61(56)66-62-50-22-7-5-16-41(50)34-38-57(62)63/h1-39H. The van der Waals surface area contributed by atoms with Crippen molar-refractivity contribution in [2.75, 3.05) is 4.90 Å². The Balaban J connectivity index is 0.950. The molecule has 11 aromatic carbocycles. The van der Waals surface area contributed by atoms with E-state index in [0.717, 1.165) is 99.9 Å². The van der Waals surface area contributed by atoms with Crippen LogP contribution in [0, 0.1) is 0 Å². The quantitative estimate of drug-likeness (QED) is 0.173. The highest BCUT2D eigenvalue weighted by molar-refractivity contribution is 6.10. The molecule has 0 radical (unpaired) electrons. The topological polar surface area (TPSA) is 25.6 Å². The predicted molar refractivity (Wildman–Crippen MR) is 272 cm³/mol. The maximum Gasteiger partial charge on any atom is 0.143 e. The van der Waals surface area contributed by atoms with Crippen molar-refractivity contribution in [1.29, 1.82) is 0 Å². The van der Waals surface area contributed by atoms with Crippen LogP contribution in [0.25, 0.3) is 76.9 Å². The number of hydrogen-bond acceptors (Lipinski definition) is 3. The lowest BCUT2D eigenvalue weighted by Crippen LogP contribution is -2.32. The van der Waals surface area contributed by atoms with Gasteiger partial charge in [-0.15, -0.1) is 0 Å². The van der Waals surface area contributed by atoms with Crippen LogP contribution in [0.3, 0.4) is 0 Å². The lowest BCUT2D eigenvalue weighted by atomic mass is 9.65. The Kier molecular flexibility index (Phi) is 7.90. The predicted octanol–water partition coefficient (Wildman–Crippen LogP) is 17.2. The molecule has 1 aromatic heterocycles. The van der Waals surface area contributed by atoms with Crippen molar-refractivity contribution in [3.63, 3.8) is 0 Å². The van der Waals surface area contributed by atoms with Crippen LogP contribution in [-0.4, -0.2) is 0 Å². The summed E-state index contributed by atoms with van der Waals surface area (Å²) in [4.78, 5) is 2.36. The lowest BCUT2D eigenvalue weighted by molar-refractivity contribution is 0.447. The molecule has 12 aromatic rings. The molecule has 66 heavy (non-hydrogen) atoms. The van der Waals surface area contributed by atoms with Crippen molar-refractivity contribution in [1.82, 2.24) is 0 Å². The van der Waals surface area contributed by atoms with Crippen molar-refractivity contribution >= 4 is 60.5 Å². The number of benzene rings is 11. The van der Waals surface area contributed by atoms with E-state index >= 15 is 0 Å². The molecular weight excluding hydrogens is 803 g/mol. The Morgan fingerprint density at radius 3 is 1.67 bits per heavy atom. The number of furan rings is 1. The highest BCUT2D eigenvalue weighted by Gasteiger charge is 2.52. The third-order valence-corrected chi connectivity index (χ3v) is 14.1. The van der Waals surface area contributed by atoms with Crippen molar-refractivity contribution in [2.45, 2.75) is 5.41 Å². The van der Waals surface area contributed by atoms with Crippen LogP contribution in [0.5, 0.6) is 11.5 Å². The molecular formula is C63H39NO2. The van der Waals surface area contributed by atoms with Gasteiger partial charge in [0.1, 0.15) is 22.7 Å². The number of hydrogen-bond donors (Lipinski definition) is 0. The smallest absolute Gasteiger partial charge is 0.143 e. The summed E-state index contributed by atoms with van der Waals surface area (Å²) < 4.78 is 13.7. The van der Waals surface area contributed by atoms with E-state index < -0.39 is 5.41 Å². The molecule has 0 unspecified atom stereocenters. The number of nitrogens with zero attached hydrogens (tertiary/aromatic N) is 1. The number of fused-ring (bicyclic) bond motifs is 16. The minimum atomic E-state index is -0.624. The summed E-state index contributed by atoms with van der Waals surface area (Å²) in [6.07, 6.45) is 0. The molecule has 1 aliphatic carbocycles. The van der Waals surface area contributed by atoms with Gasteiger partial charge in [-0.1, -0.05) is 194 Å². The molecule has 1 aliphatic heterocycles. The molecule has 0 fully saturated rings. The molecule has 0 bridgehead atoms. The second kappa shape index (κ2) is 14.2. The molecule has 2 heterocycles. The molecule has 0 saturated carbocycles. The van der Waals surface area contributed by atoms with E-state index in [4.69, 9.17) is 9.15 Å². The summed E-state index contributed by atoms with van der Waals surface area (Å²) in [5, 5.41) is 6.81. The molecule has 0 N–H and O–H groups in total. The first-order chi connectivity index (χ1) is 32.7. The third-order valence-electron chi connectivity index (χ3n) is 14.1. The van der Waals surface area contributed by atoms with Crippen molar-refractivity contribution < 1.29 is 9.15 Å². The van der Waals surface area contributed by atoms with E-state index in [1.165, 1.54) is 27.8 Å². The van der Waals surface area contributed by atoms with E-state index in [-0.39, 0.29) is 0 Å². The highest BCUT2D eigenvalue weighted by Crippen LogP contribution is 2.65. The molecule has 0 saturated heterocycles. The summed E-state index contributed by atoms with van der Waals surface area (Å²) in [5.41, 5.74) is 16.3. The normalized spacial score (nSPS) is 13.1. The molecule has 3 nitrogen and oxygen atoms in total. The first kappa shape index (κ1) is 36.8. The van der Waals surface area contributed by atoms with Crippen molar-refractivity contribution in [3.05, 3.63) is 259 Å². The van der Waals surface area contributed by atoms with Crippen LogP contribution >= 0.6 is 0 Å². The molecule has 0 amide bonds. The second-order valence-corrected chi connectivity index (χ2v) is 17.5. The van der Waals surface area contributed by atoms with Crippen LogP contribution < -0.4 is 9.64 Å². The summed E-state index contributed by atoms with van der Waals surface area (Å²) in [7, 11) is 0. The average molecular weight is 842 g/mol. The molecule has 0 atom stereocenters. The van der Waals surface area contributed by atoms with Gasteiger partial charge in [-0.25, -0.2) is 0 Å². The highest BCUT2D eigenvalue weighted by atomic mass is 16.5. The summed E-state index contributed by atoms with van der Waals surface area (Å²) >= 11 is 0. The van der Waals surface area contributed by atoms with Crippen LogP contribution in [0.1, 0.15) is 22.3 Å². The lowest BCUT2D eigenvalue weighted by Gasteiger charge is -2.40. The van der Waals surface area contributed by atoms with Crippen LogP contribution in [-0.2, 0) is 5.41 Å². The van der Waals surface area contributed by atoms with E-state index in [1.807, 2.05) is 12.1 Å². The average Bonchev–Trinajstić information content (AvgIpc) is 3.91. The number of anilines is 3. The maximum absolute atomic E-state index is 7.22. The first-order valence-corrected chi connectivity index (χ1v) is 22.7. The first-order valence-electron chi connectivity index (χ1n) is 22.7. The SMILES string of the molecule is c1ccc(N(c2ccc(-c3cccc4c3oc3ccccc34)cc2)c2cccc(-c3cccc4c3-c3ccccc3C43c4ccc5ccccc5c4Oc4c3ccc3ccccc43)c2)cc1. The monoisotopic (exact) mass is 841 g/mol. The van der Waals surface area contributed by atoms with Gasteiger partial charge < -0.3 is 14.1 Å². The van der Waals surface area contributed by atoms with Crippen molar-refractivity contribution in [2.24, 2.45) is 0 Å². The Hall–Kier alpha value is -8.66. The Bertz CT molecular complexity index is 3830. The molecule has 1 spiro atoms. The van der Waals surface area contributed by atoms with Crippen LogP contribution in [0.2, 0.25) is 0 Å². The van der Waals surface area contributed by atoms with Crippen LogP contribution in [0.15, 0.2) is 241 Å². The van der Waals surface area contributed by atoms with Gasteiger partial charge in [-0.3, -0.25) is 0 Å². The zero-order chi connectivity index (χ0) is 43.3. The third kappa shape index (κ3) is 5.20. The van der Waals surface area contributed by atoms with Crippen LogP contribution in [0.4, 0.5) is 17.1 Å². The van der Waals surface area contributed by atoms with Gasteiger partial charge in [-0.05, 0) is 92.2 Å². The molecule has 3 heteroatoms. The Morgan fingerprint density at radius 1 is 0.333 bits per heavy atom. The second-order valence-electron chi connectivity index (χ2n) is 17.5. The summed E-state index contributed by atoms with van der Waals surface area (Å²) in [6, 6.07) is 85.6.